The van der Waals surface area contributed by atoms with Crippen molar-refractivity contribution in [2.45, 2.75) is 20.8 Å². The molecule has 2 rings (SSSR count). The molecule has 0 radical (unpaired) electrons. The van der Waals surface area contributed by atoms with Gasteiger partial charge in [-0.15, -0.1) is 0 Å². The third-order valence-electron chi connectivity index (χ3n) is 2.77. The second kappa shape index (κ2) is 4.41. The SMILES string of the molecule is Cc1cccc(C(=O)Nc2n[nH]c(C)c2C)c1. The molecule has 1 aromatic heterocycles. The van der Waals surface area contributed by atoms with Crippen LogP contribution in [0, 0.1) is 20.8 Å². The minimum absolute atomic E-state index is 0.136. The highest BCUT2D eigenvalue weighted by atomic mass is 16.1. The van der Waals surface area contributed by atoms with Crippen molar-refractivity contribution in [3.63, 3.8) is 0 Å². The molecule has 0 bridgehead atoms. The van der Waals surface area contributed by atoms with Crippen LogP contribution in [0.3, 0.4) is 0 Å². The van der Waals surface area contributed by atoms with E-state index in [1.165, 1.54) is 0 Å². The zero-order chi connectivity index (χ0) is 12.4. The number of H-pyrrole nitrogens is 1. The van der Waals surface area contributed by atoms with E-state index in [0.29, 0.717) is 11.4 Å². The van der Waals surface area contributed by atoms with Crippen LogP contribution in [0.15, 0.2) is 24.3 Å². The number of aryl methyl sites for hydroxylation is 2. The van der Waals surface area contributed by atoms with Crippen LogP contribution in [0.2, 0.25) is 0 Å². The number of aromatic nitrogens is 2. The zero-order valence-corrected chi connectivity index (χ0v) is 10.2. The molecule has 0 saturated carbocycles. The van der Waals surface area contributed by atoms with E-state index in [2.05, 4.69) is 15.5 Å². The topological polar surface area (TPSA) is 57.8 Å². The van der Waals surface area contributed by atoms with Crippen molar-refractivity contribution in [3.8, 4) is 0 Å². The first-order valence-corrected chi connectivity index (χ1v) is 5.47. The van der Waals surface area contributed by atoms with Crippen molar-refractivity contribution in [3.05, 3.63) is 46.6 Å². The highest BCUT2D eigenvalue weighted by Crippen LogP contribution is 2.15. The molecule has 0 aliphatic rings. The lowest BCUT2D eigenvalue weighted by Gasteiger charge is -2.03. The summed E-state index contributed by atoms with van der Waals surface area (Å²) >= 11 is 0. The summed E-state index contributed by atoms with van der Waals surface area (Å²) in [6.45, 7) is 5.80. The molecule has 0 saturated heterocycles. The molecule has 2 N–H and O–H groups in total. The van der Waals surface area contributed by atoms with Gasteiger partial charge in [0.1, 0.15) is 0 Å². The second-order valence-corrected chi connectivity index (χ2v) is 4.15. The van der Waals surface area contributed by atoms with E-state index in [1.807, 2.05) is 39.0 Å². The molecule has 0 unspecified atom stereocenters. The molecule has 0 fully saturated rings. The molecule has 2 aromatic rings. The number of amides is 1. The highest BCUT2D eigenvalue weighted by molar-refractivity contribution is 6.04. The number of nitrogens with one attached hydrogen (secondary N) is 2. The number of anilines is 1. The molecular weight excluding hydrogens is 214 g/mol. The molecule has 4 heteroatoms. The largest absolute Gasteiger partial charge is 0.305 e. The second-order valence-electron chi connectivity index (χ2n) is 4.15. The van der Waals surface area contributed by atoms with Crippen LogP contribution in [0.4, 0.5) is 5.82 Å². The molecule has 0 aliphatic carbocycles. The van der Waals surface area contributed by atoms with Gasteiger partial charge in [-0.3, -0.25) is 9.89 Å². The van der Waals surface area contributed by atoms with E-state index in [4.69, 9.17) is 0 Å². The maximum atomic E-state index is 12.0. The van der Waals surface area contributed by atoms with E-state index in [1.54, 1.807) is 6.07 Å². The van der Waals surface area contributed by atoms with Crippen molar-refractivity contribution in [2.75, 3.05) is 5.32 Å². The smallest absolute Gasteiger partial charge is 0.256 e. The predicted octanol–water partition coefficient (Wildman–Crippen LogP) is 2.59. The molecular formula is C13H15N3O. The van der Waals surface area contributed by atoms with E-state index < -0.39 is 0 Å². The Balaban J connectivity index is 2.20. The Morgan fingerprint density at radius 3 is 2.65 bits per heavy atom. The van der Waals surface area contributed by atoms with Crippen LogP contribution >= 0.6 is 0 Å². The molecule has 0 spiro atoms. The summed E-state index contributed by atoms with van der Waals surface area (Å²) in [5, 5.41) is 9.68. The lowest BCUT2D eigenvalue weighted by Crippen LogP contribution is -2.13. The maximum absolute atomic E-state index is 12.0. The molecule has 88 valence electrons. The number of rotatable bonds is 2. The van der Waals surface area contributed by atoms with E-state index in [9.17, 15) is 4.79 Å². The Morgan fingerprint density at radius 2 is 2.06 bits per heavy atom. The number of nitrogens with zero attached hydrogens (tertiary/aromatic N) is 1. The van der Waals surface area contributed by atoms with Crippen molar-refractivity contribution in [2.24, 2.45) is 0 Å². The van der Waals surface area contributed by atoms with E-state index in [-0.39, 0.29) is 5.91 Å². The van der Waals surface area contributed by atoms with Crippen molar-refractivity contribution in [1.29, 1.82) is 0 Å². The third kappa shape index (κ3) is 2.36. The Labute approximate surface area is 100 Å². The van der Waals surface area contributed by atoms with Gasteiger partial charge in [0.2, 0.25) is 0 Å². The first kappa shape index (κ1) is 11.4. The van der Waals surface area contributed by atoms with Crippen LogP contribution in [-0.4, -0.2) is 16.1 Å². The van der Waals surface area contributed by atoms with Gasteiger partial charge >= 0.3 is 0 Å². The van der Waals surface area contributed by atoms with E-state index >= 15 is 0 Å². The lowest BCUT2D eigenvalue weighted by atomic mass is 10.1. The fourth-order valence-corrected chi connectivity index (χ4v) is 1.57. The molecule has 1 heterocycles. The molecule has 0 atom stereocenters. The van der Waals surface area contributed by atoms with Gasteiger partial charge in [0, 0.05) is 16.8 Å². The predicted molar refractivity (Wildman–Crippen MR) is 67.2 cm³/mol. The minimum atomic E-state index is -0.136. The average molecular weight is 229 g/mol. The summed E-state index contributed by atoms with van der Waals surface area (Å²) in [5.41, 5.74) is 3.63. The first-order valence-electron chi connectivity index (χ1n) is 5.47. The normalized spacial score (nSPS) is 10.3. The number of hydrogen-bond donors (Lipinski definition) is 2. The standard InChI is InChI=1S/C13H15N3O/c1-8-5-4-6-11(7-8)13(17)14-12-9(2)10(3)15-16-12/h4-7H,1-3H3,(H2,14,15,16,17). The average Bonchev–Trinajstić information content (AvgIpc) is 2.61. The van der Waals surface area contributed by atoms with Crippen LogP contribution in [0.1, 0.15) is 27.2 Å². The molecule has 1 aromatic carbocycles. The van der Waals surface area contributed by atoms with Crippen LogP contribution in [0.25, 0.3) is 0 Å². The Hall–Kier alpha value is -2.10. The summed E-state index contributed by atoms with van der Waals surface area (Å²) < 4.78 is 0. The number of benzene rings is 1. The monoisotopic (exact) mass is 229 g/mol. The van der Waals surface area contributed by atoms with Gasteiger partial charge in [0.05, 0.1) is 0 Å². The lowest BCUT2D eigenvalue weighted by molar-refractivity contribution is 0.102. The van der Waals surface area contributed by atoms with Gasteiger partial charge in [-0.05, 0) is 32.9 Å². The fraction of sp³-hybridized carbons (Fsp3) is 0.231. The number of carbonyl (C=O) groups is 1. The number of aromatic amines is 1. The zero-order valence-electron chi connectivity index (χ0n) is 10.2. The van der Waals surface area contributed by atoms with Gasteiger partial charge in [-0.1, -0.05) is 17.7 Å². The number of hydrogen-bond acceptors (Lipinski definition) is 2. The summed E-state index contributed by atoms with van der Waals surface area (Å²) in [7, 11) is 0. The van der Waals surface area contributed by atoms with Crippen LogP contribution in [-0.2, 0) is 0 Å². The minimum Gasteiger partial charge on any atom is -0.305 e. The quantitative estimate of drug-likeness (QED) is 0.831. The molecule has 17 heavy (non-hydrogen) atoms. The van der Waals surface area contributed by atoms with Gasteiger partial charge in [0.15, 0.2) is 5.82 Å². The van der Waals surface area contributed by atoms with Crippen molar-refractivity contribution >= 4 is 11.7 Å². The number of carbonyl (C=O) groups excluding carboxylic acids is 1. The Bertz CT molecular complexity index is 558. The van der Waals surface area contributed by atoms with Gasteiger partial charge in [0.25, 0.3) is 5.91 Å². The summed E-state index contributed by atoms with van der Waals surface area (Å²) in [5.74, 6) is 0.456. The molecule has 0 aliphatic heterocycles. The first-order chi connectivity index (χ1) is 8.08. The fourth-order valence-electron chi connectivity index (χ4n) is 1.57. The van der Waals surface area contributed by atoms with Crippen molar-refractivity contribution in [1.82, 2.24) is 10.2 Å². The summed E-state index contributed by atoms with van der Waals surface area (Å²) in [4.78, 5) is 12.0. The van der Waals surface area contributed by atoms with Gasteiger partial charge in [-0.2, -0.15) is 5.10 Å². The molecule has 4 nitrogen and oxygen atoms in total. The highest BCUT2D eigenvalue weighted by Gasteiger charge is 2.10. The van der Waals surface area contributed by atoms with Crippen molar-refractivity contribution < 1.29 is 4.79 Å². The summed E-state index contributed by atoms with van der Waals surface area (Å²) in [6.07, 6.45) is 0. The van der Waals surface area contributed by atoms with Crippen LogP contribution in [0.5, 0.6) is 0 Å². The third-order valence-corrected chi connectivity index (χ3v) is 2.77. The van der Waals surface area contributed by atoms with E-state index in [0.717, 1.165) is 16.8 Å². The van der Waals surface area contributed by atoms with Gasteiger partial charge < -0.3 is 5.32 Å². The Morgan fingerprint density at radius 1 is 1.29 bits per heavy atom. The maximum Gasteiger partial charge on any atom is 0.256 e. The van der Waals surface area contributed by atoms with Gasteiger partial charge in [-0.25, -0.2) is 0 Å². The van der Waals surface area contributed by atoms with Crippen LogP contribution < -0.4 is 5.32 Å². The summed E-state index contributed by atoms with van der Waals surface area (Å²) in [6, 6.07) is 7.47. The Kier molecular flexibility index (Phi) is 2.95. The molecule has 1 amide bonds.